The molecule has 2 aromatic carbocycles. The second-order valence-corrected chi connectivity index (χ2v) is 5.59. The highest BCUT2D eigenvalue weighted by Crippen LogP contribution is 2.35. The van der Waals surface area contributed by atoms with Crippen LogP contribution < -0.4 is 19.1 Å². The Morgan fingerprint density at radius 2 is 1.71 bits per heavy atom. The van der Waals surface area contributed by atoms with Crippen molar-refractivity contribution in [3.63, 3.8) is 0 Å². The fraction of sp³-hybridized carbons (Fsp3) is 0.316. The molecule has 0 saturated carbocycles. The van der Waals surface area contributed by atoms with Gasteiger partial charge in [-0.25, -0.2) is 0 Å². The van der Waals surface area contributed by atoms with E-state index in [4.69, 9.17) is 14.2 Å². The number of fused-ring (bicyclic) bond motifs is 1. The van der Waals surface area contributed by atoms with E-state index in [1.54, 1.807) is 38.4 Å². The zero-order valence-electron chi connectivity index (χ0n) is 14.2. The first kappa shape index (κ1) is 16.2. The van der Waals surface area contributed by atoms with Crippen LogP contribution in [0.3, 0.4) is 0 Å². The van der Waals surface area contributed by atoms with E-state index < -0.39 is 0 Å². The van der Waals surface area contributed by atoms with Gasteiger partial charge in [0.05, 0.1) is 27.0 Å². The van der Waals surface area contributed by atoms with Crippen LogP contribution in [0.4, 0.5) is 5.69 Å². The van der Waals surface area contributed by atoms with Crippen LogP contribution in [0.2, 0.25) is 0 Å². The first-order valence-corrected chi connectivity index (χ1v) is 7.89. The van der Waals surface area contributed by atoms with E-state index in [9.17, 15) is 4.79 Å². The van der Waals surface area contributed by atoms with Gasteiger partial charge in [-0.2, -0.15) is 0 Å². The lowest BCUT2D eigenvalue weighted by Gasteiger charge is -2.30. The molecule has 0 fully saturated rings. The topological polar surface area (TPSA) is 48.0 Å². The van der Waals surface area contributed by atoms with Gasteiger partial charge >= 0.3 is 0 Å². The summed E-state index contributed by atoms with van der Waals surface area (Å²) < 4.78 is 16.1. The molecular formula is C19H21NO4. The minimum atomic E-state index is -0.126. The maximum atomic E-state index is 13.2. The number of hydrogen-bond acceptors (Lipinski definition) is 4. The van der Waals surface area contributed by atoms with Crippen molar-refractivity contribution in [2.45, 2.75) is 12.8 Å². The quantitative estimate of drug-likeness (QED) is 0.864. The molecule has 1 amide bonds. The third-order valence-electron chi connectivity index (χ3n) is 4.30. The Bertz CT molecular complexity index is 735. The number of ether oxygens (including phenoxy) is 3. The number of aryl methyl sites for hydroxylation is 1. The number of methoxy groups -OCH3 is 3. The van der Waals surface area contributed by atoms with Crippen molar-refractivity contribution in [2.24, 2.45) is 0 Å². The van der Waals surface area contributed by atoms with E-state index in [1.807, 2.05) is 24.3 Å². The van der Waals surface area contributed by atoms with Crippen molar-refractivity contribution in [2.75, 3.05) is 32.8 Å². The van der Waals surface area contributed by atoms with Crippen LogP contribution in [0, 0.1) is 0 Å². The van der Waals surface area contributed by atoms with E-state index >= 15 is 0 Å². The maximum absolute atomic E-state index is 13.2. The molecule has 5 nitrogen and oxygen atoms in total. The molecule has 0 atom stereocenters. The largest absolute Gasteiger partial charge is 0.497 e. The molecule has 0 bridgehead atoms. The monoisotopic (exact) mass is 327 g/mol. The van der Waals surface area contributed by atoms with E-state index in [2.05, 4.69) is 0 Å². The number of carbonyl (C=O) groups excluding carboxylic acids is 1. The average molecular weight is 327 g/mol. The van der Waals surface area contributed by atoms with Gasteiger partial charge in [0.25, 0.3) is 5.91 Å². The molecule has 0 unspecified atom stereocenters. The molecule has 0 N–H and O–H groups in total. The summed E-state index contributed by atoms with van der Waals surface area (Å²) in [4.78, 5) is 15.0. The minimum Gasteiger partial charge on any atom is -0.497 e. The smallest absolute Gasteiger partial charge is 0.265 e. The van der Waals surface area contributed by atoms with Crippen molar-refractivity contribution >= 4 is 11.6 Å². The van der Waals surface area contributed by atoms with E-state index in [1.165, 1.54) is 0 Å². The summed E-state index contributed by atoms with van der Waals surface area (Å²) in [6, 6.07) is 11.2. The van der Waals surface area contributed by atoms with Gasteiger partial charge in [-0.3, -0.25) is 4.79 Å². The molecule has 1 aliphatic rings. The summed E-state index contributed by atoms with van der Waals surface area (Å²) in [5.41, 5.74) is 2.47. The first-order valence-electron chi connectivity index (χ1n) is 7.89. The minimum absolute atomic E-state index is 0.126. The van der Waals surface area contributed by atoms with Crippen LogP contribution in [0.25, 0.3) is 0 Å². The molecule has 0 saturated heterocycles. The third-order valence-corrected chi connectivity index (χ3v) is 4.30. The second kappa shape index (κ2) is 6.83. The third kappa shape index (κ3) is 2.77. The summed E-state index contributed by atoms with van der Waals surface area (Å²) >= 11 is 0. The van der Waals surface area contributed by atoms with E-state index in [0.717, 1.165) is 29.8 Å². The summed E-state index contributed by atoms with van der Waals surface area (Å²) in [6.45, 7) is 0.653. The Morgan fingerprint density at radius 1 is 1.00 bits per heavy atom. The number of hydrogen-bond donors (Lipinski definition) is 0. The van der Waals surface area contributed by atoms with Crippen LogP contribution in [-0.2, 0) is 6.42 Å². The predicted molar refractivity (Wildman–Crippen MR) is 92.5 cm³/mol. The molecule has 3 rings (SSSR count). The van der Waals surface area contributed by atoms with Crippen molar-refractivity contribution in [3.05, 3.63) is 47.5 Å². The Kier molecular flexibility index (Phi) is 4.60. The number of carbonyl (C=O) groups is 1. The van der Waals surface area contributed by atoms with Gasteiger partial charge in [-0.15, -0.1) is 0 Å². The standard InChI is InChI=1S/C19H21NO4/c1-22-14-10-9-13-6-5-11-20(15(13)12-14)19(21)18-16(23-2)7-4-8-17(18)24-3/h4,7-10,12H,5-6,11H2,1-3H3. The van der Waals surface area contributed by atoms with Gasteiger partial charge in [0.1, 0.15) is 22.8 Å². The van der Waals surface area contributed by atoms with Crippen LogP contribution >= 0.6 is 0 Å². The van der Waals surface area contributed by atoms with Gasteiger partial charge in [0.15, 0.2) is 0 Å². The fourth-order valence-corrected chi connectivity index (χ4v) is 3.09. The van der Waals surface area contributed by atoms with Gasteiger partial charge in [0, 0.05) is 12.6 Å². The highest BCUT2D eigenvalue weighted by molar-refractivity contribution is 6.10. The lowest BCUT2D eigenvalue weighted by Crippen LogP contribution is -2.36. The van der Waals surface area contributed by atoms with Crippen LogP contribution in [-0.4, -0.2) is 33.8 Å². The van der Waals surface area contributed by atoms with Crippen molar-refractivity contribution in [3.8, 4) is 17.2 Å². The van der Waals surface area contributed by atoms with Crippen molar-refractivity contribution < 1.29 is 19.0 Å². The lowest BCUT2D eigenvalue weighted by atomic mass is 10.00. The molecule has 1 aliphatic heterocycles. The van der Waals surface area contributed by atoms with E-state index in [-0.39, 0.29) is 5.91 Å². The number of anilines is 1. The molecular weight excluding hydrogens is 306 g/mol. The zero-order valence-corrected chi connectivity index (χ0v) is 14.2. The SMILES string of the molecule is COc1ccc2c(c1)N(C(=O)c1c(OC)cccc1OC)CCC2. The van der Waals surface area contributed by atoms with Crippen LogP contribution in [0.15, 0.2) is 36.4 Å². The number of benzene rings is 2. The Balaban J connectivity index is 2.07. The van der Waals surface area contributed by atoms with Gasteiger partial charge in [-0.1, -0.05) is 12.1 Å². The molecule has 0 spiro atoms. The molecule has 2 aromatic rings. The predicted octanol–water partition coefficient (Wildman–Crippen LogP) is 3.31. The van der Waals surface area contributed by atoms with Gasteiger partial charge in [-0.05, 0) is 36.6 Å². The van der Waals surface area contributed by atoms with Crippen LogP contribution in [0.1, 0.15) is 22.3 Å². The second-order valence-electron chi connectivity index (χ2n) is 5.59. The molecule has 0 radical (unpaired) electrons. The Morgan fingerprint density at radius 3 is 2.33 bits per heavy atom. The molecule has 0 aromatic heterocycles. The normalized spacial score (nSPS) is 13.2. The highest BCUT2D eigenvalue weighted by Gasteiger charge is 2.28. The van der Waals surface area contributed by atoms with Crippen molar-refractivity contribution in [1.29, 1.82) is 0 Å². The lowest BCUT2D eigenvalue weighted by molar-refractivity contribution is 0.0979. The fourth-order valence-electron chi connectivity index (χ4n) is 3.09. The molecule has 126 valence electrons. The summed E-state index contributed by atoms with van der Waals surface area (Å²) in [5, 5.41) is 0. The first-order chi connectivity index (χ1) is 11.7. The molecule has 5 heteroatoms. The van der Waals surface area contributed by atoms with Crippen molar-refractivity contribution in [1.82, 2.24) is 0 Å². The van der Waals surface area contributed by atoms with Gasteiger partial charge < -0.3 is 19.1 Å². The summed E-state index contributed by atoms with van der Waals surface area (Å²) in [7, 11) is 4.73. The number of rotatable bonds is 4. The van der Waals surface area contributed by atoms with Crippen LogP contribution in [0.5, 0.6) is 17.2 Å². The molecule has 0 aliphatic carbocycles. The molecule has 24 heavy (non-hydrogen) atoms. The summed E-state index contributed by atoms with van der Waals surface area (Å²) in [5.74, 6) is 1.63. The van der Waals surface area contributed by atoms with E-state index in [0.29, 0.717) is 23.6 Å². The number of nitrogens with zero attached hydrogens (tertiary/aromatic N) is 1. The number of amides is 1. The maximum Gasteiger partial charge on any atom is 0.265 e. The highest BCUT2D eigenvalue weighted by atomic mass is 16.5. The summed E-state index contributed by atoms with van der Waals surface area (Å²) in [6.07, 6.45) is 1.87. The zero-order chi connectivity index (χ0) is 17.1. The molecule has 1 heterocycles. The van der Waals surface area contributed by atoms with Gasteiger partial charge in [0.2, 0.25) is 0 Å². The Hall–Kier alpha value is -2.69. The Labute approximate surface area is 141 Å². The average Bonchev–Trinajstić information content (AvgIpc) is 2.65.